The Balaban J connectivity index is 1.71. The molecule has 2 aromatic carbocycles. The maximum absolute atomic E-state index is 13.7. The van der Waals surface area contributed by atoms with Crippen LogP contribution in [0.5, 0.6) is 0 Å². The van der Waals surface area contributed by atoms with E-state index < -0.39 is 29.4 Å². The van der Waals surface area contributed by atoms with Crippen LogP contribution in [-0.4, -0.2) is 17.5 Å². The molecule has 0 bridgehead atoms. The van der Waals surface area contributed by atoms with Crippen LogP contribution in [0.25, 0.3) is 5.57 Å². The van der Waals surface area contributed by atoms with E-state index in [0.717, 1.165) is 61.9 Å². The molecule has 2 aliphatic rings. The lowest BCUT2D eigenvalue weighted by Gasteiger charge is -2.37. The Bertz CT molecular complexity index is 1470. The molecule has 46 heavy (non-hydrogen) atoms. The van der Waals surface area contributed by atoms with Crippen molar-refractivity contribution in [1.29, 1.82) is 0 Å². The molecule has 1 aliphatic heterocycles. The normalized spacial score (nSPS) is 20.9. The van der Waals surface area contributed by atoms with Gasteiger partial charge < -0.3 is 4.90 Å². The van der Waals surface area contributed by atoms with E-state index in [9.17, 15) is 26.3 Å². The van der Waals surface area contributed by atoms with Crippen molar-refractivity contribution in [2.45, 2.75) is 118 Å². The molecule has 1 saturated heterocycles. The number of alkyl halides is 6. The summed E-state index contributed by atoms with van der Waals surface area (Å²) in [6.07, 6.45) is -3.84. The molecule has 252 valence electrons. The highest BCUT2D eigenvalue weighted by Crippen LogP contribution is 2.47. The van der Waals surface area contributed by atoms with Gasteiger partial charge in [0.25, 0.3) is 0 Å². The van der Waals surface area contributed by atoms with Gasteiger partial charge in [-0.1, -0.05) is 71.5 Å². The molecular formula is C39H49F6N. The van der Waals surface area contributed by atoms with Crippen LogP contribution in [0.15, 0.2) is 66.4 Å². The Morgan fingerprint density at radius 1 is 0.978 bits per heavy atom. The van der Waals surface area contributed by atoms with Crippen molar-refractivity contribution in [2.75, 3.05) is 6.54 Å². The predicted octanol–water partition coefficient (Wildman–Crippen LogP) is 12.2. The number of likely N-dealkylation sites (tertiary alicyclic amines) is 1. The molecule has 2 unspecified atom stereocenters. The van der Waals surface area contributed by atoms with Crippen LogP contribution in [0.4, 0.5) is 26.3 Å². The molecular weight excluding hydrogens is 596 g/mol. The highest BCUT2D eigenvalue weighted by Gasteiger charge is 2.41. The van der Waals surface area contributed by atoms with E-state index in [4.69, 9.17) is 0 Å². The lowest BCUT2D eigenvalue weighted by atomic mass is 9.72. The molecule has 0 N–H and O–H groups in total. The molecule has 0 amide bonds. The second kappa shape index (κ2) is 12.9. The summed E-state index contributed by atoms with van der Waals surface area (Å²) in [5.74, 6) is -0.539. The van der Waals surface area contributed by atoms with E-state index in [-0.39, 0.29) is 28.5 Å². The van der Waals surface area contributed by atoms with E-state index in [2.05, 4.69) is 77.8 Å². The number of nitrogens with zero attached hydrogens (tertiary/aromatic N) is 1. The minimum absolute atomic E-state index is 0.0339. The molecule has 0 aromatic heterocycles. The molecule has 1 fully saturated rings. The fourth-order valence-electron chi connectivity index (χ4n) is 7.03. The molecule has 0 radical (unpaired) electrons. The third-order valence-corrected chi connectivity index (χ3v) is 10.6. The van der Waals surface area contributed by atoms with Crippen molar-refractivity contribution in [3.8, 4) is 0 Å². The summed E-state index contributed by atoms with van der Waals surface area (Å²) >= 11 is 0. The SMILES string of the molecule is C=C1CC(c2cc(C(F)(F)F)cc(C(F)(F)F)c2)C(C)N1CC1=C(c2cc(CCC(C)(C)C(=C)C)ccc2CC)CCC(C)(C)C1. The first-order valence-electron chi connectivity index (χ1n) is 16.4. The van der Waals surface area contributed by atoms with Crippen LogP contribution in [0.2, 0.25) is 0 Å². The standard InChI is InChI=1S/C39H49F6N/c1-10-28-12-11-27(13-16-37(8,9)24(2)3)18-35(28)33-14-15-36(6,7)22-30(33)23-46-25(4)17-34(26(46)5)29-19-31(38(40,41)42)21-32(20-29)39(43,44)45/h11-12,18-21,26,34H,2,4,10,13-17,22-23H2,1,3,5-9H3. The quantitative estimate of drug-likeness (QED) is 0.194. The Hall–Kier alpha value is -2.96. The molecule has 1 heterocycles. The van der Waals surface area contributed by atoms with Gasteiger partial charge in [-0.15, -0.1) is 0 Å². The fraction of sp³-hybridized carbons (Fsp3) is 0.538. The fourth-order valence-corrected chi connectivity index (χ4v) is 7.03. The minimum Gasteiger partial charge on any atom is -0.368 e. The summed E-state index contributed by atoms with van der Waals surface area (Å²) < 4.78 is 82.1. The first-order chi connectivity index (χ1) is 21.1. The van der Waals surface area contributed by atoms with Gasteiger partial charge in [-0.3, -0.25) is 0 Å². The maximum atomic E-state index is 13.7. The van der Waals surface area contributed by atoms with Gasteiger partial charge in [0.1, 0.15) is 0 Å². The van der Waals surface area contributed by atoms with Crippen molar-refractivity contribution in [1.82, 2.24) is 4.90 Å². The summed E-state index contributed by atoms with van der Waals surface area (Å²) in [5.41, 5.74) is 5.94. The van der Waals surface area contributed by atoms with E-state index in [1.54, 1.807) is 0 Å². The van der Waals surface area contributed by atoms with Gasteiger partial charge in [0.15, 0.2) is 0 Å². The van der Waals surface area contributed by atoms with Crippen LogP contribution in [-0.2, 0) is 25.2 Å². The molecule has 4 rings (SSSR count). The smallest absolute Gasteiger partial charge is 0.368 e. The number of hydrogen-bond donors (Lipinski definition) is 0. The summed E-state index contributed by atoms with van der Waals surface area (Å²) in [4.78, 5) is 2.11. The zero-order valence-electron chi connectivity index (χ0n) is 28.4. The van der Waals surface area contributed by atoms with E-state index in [1.165, 1.54) is 27.8 Å². The molecule has 2 aromatic rings. The third-order valence-electron chi connectivity index (χ3n) is 10.6. The summed E-state index contributed by atoms with van der Waals surface area (Å²) in [5, 5.41) is 0. The summed E-state index contributed by atoms with van der Waals surface area (Å²) in [6, 6.07) is 8.46. The van der Waals surface area contributed by atoms with Gasteiger partial charge in [0.2, 0.25) is 0 Å². The molecule has 1 aliphatic carbocycles. The van der Waals surface area contributed by atoms with E-state index in [1.807, 2.05) is 6.92 Å². The summed E-state index contributed by atoms with van der Waals surface area (Å²) in [7, 11) is 0. The van der Waals surface area contributed by atoms with Crippen molar-refractivity contribution in [3.63, 3.8) is 0 Å². The topological polar surface area (TPSA) is 3.24 Å². The third kappa shape index (κ3) is 7.94. The Morgan fingerprint density at radius 2 is 1.59 bits per heavy atom. The second-order valence-electron chi connectivity index (χ2n) is 15.0. The van der Waals surface area contributed by atoms with Gasteiger partial charge in [-0.2, -0.15) is 26.3 Å². The summed E-state index contributed by atoms with van der Waals surface area (Å²) in [6.45, 7) is 24.1. The maximum Gasteiger partial charge on any atom is 0.416 e. The second-order valence-corrected chi connectivity index (χ2v) is 15.0. The zero-order chi connectivity index (χ0) is 34.4. The van der Waals surface area contributed by atoms with Gasteiger partial charge in [-0.05, 0) is 121 Å². The van der Waals surface area contributed by atoms with Crippen LogP contribution >= 0.6 is 0 Å². The monoisotopic (exact) mass is 645 g/mol. The number of halogens is 6. The van der Waals surface area contributed by atoms with Gasteiger partial charge >= 0.3 is 12.4 Å². The van der Waals surface area contributed by atoms with Crippen LogP contribution in [0, 0.1) is 10.8 Å². The number of benzene rings is 2. The lowest BCUT2D eigenvalue weighted by molar-refractivity contribution is -0.143. The first kappa shape index (κ1) is 35.9. The Morgan fingerprint density at radius 3 is 2.13 bits per heavy atom. The van der Waals surface area contributed by atoms with Gasteiger partial charge in [0, 0.05) is 24.2 Å². The van der Waals surface area contributed by atoms with Gasteiger partial charge in [0.05, 0.1) is 11.1 Å². The van der Waals surface area contributed by atoms with Crippen LogP contribution < -0.4 is 0 Å². The van der Waals surface area contributed by atoms with Crippen molar-refractivity contribution in [2.24, 2.45) is 10.8 Å². The van der Waals surface area contributed by atoms with Gasteiger partial charge in [-0.25, -0.2) is 0 Å². The highest BCUT2D eigenvalue weighted by atomic mass is 19.4. The zero-order valence-corrected chi connectivity index (χ0v) is 28.4. The molecule has 1 nitrogen and oxygen atoms in total. The Labute approximate surface area is 271 Å². The molecule has 0 spiro atoms. The molecule has 7 heteroatoms. The largest absolute Gasteiger partial charge is 0.416 e. The average Bonchev–Trinajstić information content (AvgIpc) is 3.23. The Kier molecular flexibility index (Phi) is 10.1. The lowest BCUT2D eigenvalue weighted by Crippen LogP contribution is -2.33. The first-order valence-corrected chi connectivity index (χ1v) is 16.4. The average molecular weight is 646 g/mol. The molecule has 0 saturated carbocycles. The number of aryl methyl sites for hydroxylation is 2. The predicted molar refractivity (Wildman–Crippen MR) is 176 cm³/mol. The van der Waals surface area contributed by atoms with Crippen molar-refractivity contribution >= 4 is 5.57 Å². The van der Waals surface area contributed by atoms with Crippen LogP contribution in [0.3, 0.4) is 0 Å². The van der Waals surface area contributed by atoms with Crippen molar-refractivity contribution < 1.29 is 26.3 Å². The van der Waals surface area contributed by atoms with Crippen LogP contribution in [0.1, 0.15) is 120 Å². The molecule has 2 atom stereocenters. The highest BCUT2D eigenvalue weighted by molar-refractivity contribution is 5.73. The van der Waals surface area contributed by atoms with Crippen molar-refractivity contribution in [3.05, 3.63) is 99.8 Å². The number of rotatable bonds is 9. The number of allylic oxidation sites excluding steroid dienone is 3. The minimum atomic E-state index is -4.88. The van der Waals surface area contributed by atoms with E-state index >= 15 is 0 Å². The number of hydrogen-bond acceptors (Lipinski definition) is 1. The van der Waals surface area contributed by atoms with E-state index in [0.29, 0.717) is 13.0 Å².